The summed E-state index contributed by atoms with van der Waals surface area (Å²) in [7, 11) is 0. The molecule has 0 heterocycles. The standard InChI is InChI=1S/C8H16O2/c1-4-5-6-8(3,10)7(2)9/h4,7,9-10H,1,5-6H2,2-3H3/t7-,8+/m1/s1. The van der Waals surface area contributed by atoms with E-state index in [1.807, 2.05) is 0 Å². The normalized spacial score (nSPS) is 19.6. The SMILES string of the molecule is C=CCC[C@](C)(O)[C@@H](C)O. The van der Waals surface area contributed by atoms with Crippen LogP contribution in [0.25, 0.3) is 0 Å². The molecule has 0 aliphatic carbocycles. The summed E-state index contributed by atoms with van der Waals surface area (Å²) < 4.78 is 0. The molecule has 10 heavy (non-hydrogen) atoms. The Morgan fingerprint density at radius 1 is 1.70 bits per heavy atom. The lowest BCUT2D eigenvalue weighted by atomic mass is 9.95. The average molecular weight is 144 g/mol. The van der Waals surface area contributed by atoms with Crippen molar-refractivity contribution < 1.29 is 10.2 Å². The number of hydrogen-bond donors (Lipinski definition) is 2. The van der Waals surface area contributed by atoms with E-state index in [9.17, 15) is 5.11 Å². The van der Waals surface area contributed by atoms with Crippen molar-refractivity contribution in [2.75, 3.05) is 0 Å². The second-order valence-corrected chi connectivity index (χ2v) is 2.86. The molecule has 0 aromatic carbocycles. The van der Waals surface area contributed by atoms with E-state index in [4.69, 9.17) is 5.11 Å². The Kier molecular flexibility index (Phi) is 3.61. The van der Waals surface area contributed by atoms with E-state index in [1.165, 1.54) is 0 Å². The fraction of sp³-hybridized carbons (Fsp3) is 0.750. The third kappa shape index (κ3) is 2.99. The van der Waals surface area contributed by atoms with E-state index in [1.54, 1.807) is 19.9 Å². The maximum absolute atomic E-state index is 9.43. The molecule has 0 spiro atoms. The van der Waals surface area contributed by atoms with E-state index in [0.717, 1.165) is 6.42 Å². The van der Waals surface area contributed by atoms with Crippen LogP contribution in [-0.2, 0) is 0 Å². The highest BCUT2D eigenvalue weighted by molar-refractivity contribution is 4.81. The number of allylic oxidation sites excluding steroid dienone is 1. The summed E-state index contributed by atoms with van der Waals surface area (Å²) in [5.41, 5.74) is -0.964. The molecule has 0 amide bonds. The topological polar surface area (TPSA) is 40.5 Å². The van der Waals surface area contributed by atoms with Crippen LogP contribution in [-0.4, -0.2) is 21.9 Å². The van der Waals surface area contributed by atoms with Gasteiger partial charge in [-0.05, 0) is 26.7 Å². The van der Waals surface area contributed by atoms with E-state index in [0.29, 0.717) is 6.42 Å². The highest BCUT2D eigenvalue weighted by Gasteiger charge is 2.24. The van der Waals surface area contributed by atoms with Crippen LogP contribution in [0.4, 0.5) is 0 Å². The lowest BCUT2D eigenvalue weighted by Gasteiger charge is -2.25. The van der Waals surface area contributed by atoms with Crippen molar-refractivity contribution in [1.82, 2.24) is 0 Å². The molecule has 0 bridgehead atoms. The summed E-state index contributed by atoms with van der Waals surface area (Å²) in [4.78, 5) is 0. The second kappa shape index (κ2) is 3.74. The molecule has 2 N–H and O–H groups in total. The molecule has 0 aliphatic heterocycles. The van der Waals surface area contributed by atoms with Crippen molar-refractivity contribution in [3.63, 3.8) is 0 Å². The Bertz CT molecular complexity index is 106. The van der Waals surface area contributed by atoms with Gasteiger partial charge >= 0.3 is 0 Å². The lowest BCUT2D eigenvalue weighted by Crippen LogP contribution is -2.36. The predicted molar refractivity (Wildman–Crippen MR) is 41.7 cm³/mol. The first-order valence-corrected chi connectivity index (χ1v) is 3.52. The number of aliphatic hydroxyl groups is 2. The van der Waals surface area contributed by atoms with Gasteiger partial charge in [-0.1, -0.05) is 6.08 Å². The van der Waals surface area contributed by atoms with E-state index >= 15 is 0 Å². The van der Waals surface area contributed by atoms with Gasteiger partial charge in [0.05, 0.1) is 11.7 Å². The molecule has 0 radical (unpaired) electrons. The van der Waals surface area contributed by atoms with Crippen molar-refractivity contribution in [3.8, 4) is 0 Å². The third-order valence-electron chi connectivity index (χ3n) is 1.75. The van der Waals surface area contributed by atoms with Crippen LogP contribution in [0, 0.1) is 0 Å². The van der Waals surface area contributed by atoms with Crippen LogP contribution >= 0.6 is 0 Å². The van der Waals surface area contributed by atoms with Crippen LogP contribution in [0.1, 0.15) is 26.7 Å². The van der Waals surface area contributed by atoms with Gasteiger partial charge in [-0.15, -0.1) is 6.58 Å². The molecule has 0 unspecified atom stereocenters. The maximum Gasteiger partial charge on any atom is 0.0877 e. The molecule has 0 aliphatic rings. The molecule has 0 aromatic heterocycles. The molecule has 0 aromatic rings. The van der Waals surface area contributed by atoms with Crippen molar-refractivity contribution in [3.05, 3.63) is 12.7 Å². The van der Waals surface area contributed by atoms with Gasteiger partial charge < -0.3 is 10.2 Å². The van der Waals surface area contributed by atoms with Gasteiger partial charge in [-0.25, -0.2) is 0 Å². The fourth-order valence-corrected chi connectivity index (χ4v) is 0.603. The minimum atomic E-state index is -0.964. The zero-order chi connectivity index (χ0) is 8.20. The Morgan fingerprint density at radius 2 is 2.20 bits per heavy atom. The maximum atomic E-state index is 9.43. The summed E-state index contributed by atoms with van der Waals surface area (Å²) in [6.07, 6.45) is 2.36. The lowest BCUT2D eigenvalue weighted by molar-refractivity contribution is -0.0567. The molecule has 0 rings (SSSR count). The van der Waals surface area contributed by atoms with Gasteiger partial charge in [-0.2, -0.15) is 0 Å². The van der Waals surface area contributed by atoms with Crippen LogP contribution in [0.15, 0.2) is 12.7 Å². The molecule has 2 atom stereocenters. The zero-order valence-corrected chi connectivity index (χ0v) is 6.67. The summed E-state index contributed by atoms with van der Waals surface area (Å²) in [5.74, 6) is 0. The number of rotatable bonds is 4. The zero-order valence-electron chi connectivity index (χ0n) is 6.67. The first kappa shape index (κ1) is 9.66. The highest BCUT2D eigenvalue weighted by Crippen LogP contribution is 2.16. The van der Waals surface area contributed by atoms with Crippen LogP contribution in [0.3, 0.4) is 0 Å². The fourth-order valence-electron chi connectivity index (χ4n) is 0.603. The molecular weight excluding hydrogens is 128 g/mol. The van der Waals surface area contributed by atoms with Gasteiger partial charge in [0.1, 0.15) is 0 Å². The average Bonchev–Trinajstić information content (AvgIpc) is 1.84. The predicted octanol–water partition coefficient (Wildman–Crippen LogP) is 1.08. The number of aliphatic hydroxyl groups excluding tert-OH is 1. The second-order valence-electron chi connectivity index (χ2n) is 2.86. The third-order valence-corrected chi connectivity index (χ3v) is 1.75. The van der Waals surface area contributed by atoms with Crippen LogP contribution < -0.4 is 0 Å². The number of hydrogen-bond acceptors (Lipinski definition) is 2. The van der Waals surface area contributed by atoms with Gasteiger partial charge in [0.2, 0.25) is 0 Å². The molecule has 60 valence electrons. The van der Waals surface area contributed by atoms with Gasteiger partial charge in [0.25, 0.3) is 0 Å². The molecule has 0 saturated carbocycles. The largest absolute Gasteiger partial charge is 0.390 e. The van der Waals surface area contributed by atoms with Gasteiger partial charge in [-0.3, -0.25) is 0 Å². The van der Waals surface area contributed by atoms with Crippen LogP contribution in [0.5, 0.6) is 0 Å². The quantitative estimate of drug-likeness (QED) is 0.580. The molecule has 0 fully saturated rings. The summed E-state index contributed by atoms with van der Waals surface area (Å²) in [5, 5.41) is 18.4. The van der Waals surface area contributed by atoms with Crippen molar-refractivity contribution in [1.29, 1.82) is 0 Å². The van der Waals surface area contributed by atoms with Gasteiger partial charge in [0, 0.05) is 0 Å². The summed E-state index contributed by atoms with van der Waals surface area (Å²) >= 11 is 0. The first-order valence-electron chi connectivity index (χ1n) is 3.52. The Labute approximate surface area is 62.2 Å². The summed E-state index contributed by atoms with van der Waals surface area (Å²) in [6.45, 7) is 6.74. The first-order chi connectivity index (χ1) is 4.50. The van der Waals surface area contributed by atoms with Crippen molar-refractivity contribution in [2.24, 2.45) is 0 Å². The van der Waals surface area contributed by atoms with Crippen molar-refractivity contribution >= 4 is 0 Å². The Morgan fingerprint density at radius 3 is 2.50 bits per heavy atom. The monoisotopic (exact) mass is 144 g/mol. The summed E-state index contributed by atoms with van der Waals surface area (Å²) in [6, 6.07) is 0. The smallest absolute Gasteiger partial charge is 0.0877 e. The molecule has 2 nitrogen and oxygen atoms in total. The molecular formula is C8H16O2. The van der Waals surface area contributed by atoms with E-state index in [-0.39, 0.29) is 0 Å². The van der Waals surface area contributed by atoms with Gasteiger partial charge in [0.15, 0.2) is 0 Å². The minimum Gasteiger partial charge on any atom is -0.390 e. The van der Waals surface area contributed by atoms with E-state index < -0.39 is 11.7 Å². The minimum absolute atomic E-state index is 0.564. The van der Waals surface area contributed by atoms with Crippen molar-refractivity contribution in [2.45, 2.75) is 38.4 Å². The van der Waals surface area contributed by atoms with E-state index in [2.05, 4.69) is 6.58 Å². The molecule has 0 saturated heterocycles. The van der Waals surface area contributed by atoms with Crippen LogP contribution in [0.2, 0.25) is 0 Å². The molecule has 2 heteroatoms. The highest BCUT2D eigenvalue weighted by atomic mass is 16.3. The Hall–Kier alpha value is -0.340. The Balaban J connectivity index is 3.74.